The van der Waals surface area contributed by atoms with Gasteiger partial charge in [0.2, 0.25) is 5.91 Å². The molecule has 28 heavy (non-hydrogen) atoms. The highest BCUT2D eigenvalue weighted by Crippen LogP contribution is 2.17. The Hall–Kier alpha value is -1.90. The summed E-state index contributed by atoms with van der Waals surface area (Å²) in [5, 5.41) is 4.76. The van der Waals surface area contributed by atoms with Crippen LogP contribution in [-0.2, 0) is 27.7 Å². The first kappa shape index (κ1) is 20.8. The zero-order valence-corrected chi connectivity index (χ0v) is 17.5. The molecule has 2 aromatic rings. The minimum absolute atomic E-state index is 0.00572. The molecule has 0 saturated carbocycles. The molecule has 1 aromatic heterocycles. The number of benzene rings is 1. The fourth-order valence-electron chi connectivity index (χ4n) is 3.21. The molecule has 0 spiro atoms. The molecule has 0 N–H and O–H groups in total. The van der Waals surface area contributed by atoms with Crippen molar-refractivity contribution < 1.29 is 13.2 Å². The van der Waals surface area contributed by atoms with Crippen LogP contribution in [0.1, 0.15) is 18.9 Å². The minimum atomic E-state index is -3.49. The second-order valence-corrected chi connectivity index (χ2v) is 9.43. The van der Waals surface area contributed by atoms with Gasteiger partial charge in [0.25, 0.3) is 0 Å². The molecule has 7 nitrogen and oxygen atoms in total. The average Bonchev–Trinajstić information content (AvgIpc) is 3.15. The van der Waals surface area contributed by atoms with Gasteiger partial charge in [-0.1, -0.05) is 11.6 Å². The first-order chi connectivity index (χ1) is 13.4. The number of halogens is 1. The van der Waals surface area contributed by atoms with Crippen LogP contribution >= 0.6 is 11.6 Å². The Labute approximate surface area is 170 Å². The van der Waals surface area contributed by atoms with Crippen LogP contribution < -0.4 is 0 Å². The van der Waals surface area contributed by atoms with Crippen molar-refractivity contribution in [1.82, 2.24) is 19.6 Å². The molecule has 1 saturated heterocycles. The van der Waals surface area contributed by atoms with Crippen molar-refractivity contribution in [3.8, 4) is 0 Å². The van der Waals surface area contributed by atoms with E-state index in [-0.39, 0.29) is 23.0 Å². The van der Waals surface area contributed by atoms with Crippen LogP contribution in [-0.4, -0.2) is 65.8 Å². The smallest absolute Gasteiger partial charge is 0.223 e. The summed E-state index contributed by atoms with van der Waals surface area (Å²) >= 11 is 5.80. The van der Waals surface area contributed by atoms with Crippen molar-refractivity contribution in [3.63, 3.8) is 0 Å². The van der Waals surface area contributed by atoms with Crippen LogP contribution in [0.3, 0.4) is 0 Å². The summed E-state index contributed by atoms with van der Waals surface area (Å²) in [5.41, 5.74) is 1.16. The summed E-state index contributed by atoms with van der Waals surface area (Å²) in [6.07, 6.45) is 3.91. The fraction of sp³-hybridized carbons (Fsp3) is 0.474. The van der Waals surface area contributed by atoms with E-state index in [1.165, 1.54) is 12.1 Å². The third kappa shape index (κ3) is 5.33. The zero-order valence-electron chi connectivity index (χ0n) is 15.9. The third-order valence-electron chi connectivity index (χ3n) is 4.90. The molecule has 1 amide bonds. The van der Waals surface area contributed by atoms with E-state index in [0.29, 0.717) is 18.1 Å². The molecule has 0 unspecified atom stereocenters. The number of hydrogen-bond donors (Lipinski definition) is 0. The van der Waals surface area contributed by atoms with Gasteiger partial charge in [-0.25, -0.2) is 8.42 Å². The Balaban J connectivity index is 1.46. The number of aryl methyl sites for hydroxylation is 1. The van der Waals surface area contributed by atoms with Crippen molar-refractivity contribution in [2.45, 2.75) is 31.3 Å². The second kappa shape index (κ2) is 9.07. The predicted octanol–water partition coefficient (Wildman–Crippen LogP) is 2.06. The van der Waals surface area contributed by atoms with E-state index < -0.39 is 9.84 Å². The summed E-state index contributed by atoms with van der Waals surface area (Å²) in [7, 11) is -3.49. The quantitative estimate of drug-likeness (QED) is 0.680. The highest BCUT2D eigenvalue weighted by atomic mass is 35.5. The van der Waals surface area contributed by atoms with Gasteiger partial charge in [0.05, 0.1) is 16.8 Å². The van der Waals surface area contributed by atoms with Crippen LogP contribution in [0, 0.1) is 0 Å². The fourth-order valence-corrected chi connectivity index (χ4v) is 4.57. The number of nitrogens with zero attached hydrogens (tertiary/aromatic N) is 4. The van der Waals surface area contributed by atoms with Crippen molar-refractivity contribution in [2.24, 2.45) is 0 Å². The van der Waals surface area contributed by atoms with E-state index in [1.54, 1.807) is 17.0 Å². The van der Waals surface area contributed by atoms with Crippen LogP contribution in [0.2, 0.25) is 5.02 Å². The number of aromatic nitrogens is 2. The summed E-state index contributed by atoms with van der Waals surface area (Å²) in [4.78, 5) is 16.7. The third-order valence-corrected chi connectivity index (χ3v) is 6.88. The van der Waals surface area contributed by atoms with E-state index >= 15 is 0 Å². The molecule has 0 aliphatic carbocycles. The van der Waals surface area contributed by atoms with E-state index in [2.05, 4.69) is 10.00 Å². The molecular weight excluding hydrogens is 400 g/mol. The molecule has 2 heterocycles. The zero-order chi connectivity index (χ0) is 20.1. The molecule has 1 fully saturated rings. The maximum Gasteiger partial charge on any atom is 0.223 e. The first-order valence-corrected chi connectivity index (χ1v) is 11.4. The highest BCUT2D eigenvalue weighted by Gasteiger charge is 2.23. The van der Waals surface area contributed by atoms with Crippen LogP contribution in [0.25, 0.3) is 0 Å². The molecule has 9 heteroatoms. The van der Waals surface area contributed by atoms with E-state index in [9.17, 15) is 13.2 Å². The molecule has 0 bridgehead atoms. The van der Waals surface area contributed by atoms with Gasteiger partial charge in [-0.3, -0.25) is 14.4 Å². The lowest BCUT2D eigenvalue weighted by molar-refractivity contribution is -0.132. The molecular formula is C19H25ClN4O3S. The number of carbonyl (C=O) groups excluding carboxylic acids is 1. The number of rotatable bonds is 7. The van der Waals surface area contributed by atoms with Gasteiger partial charge in [0.1, 0.15) is 0 Å². The second-order valence-electron chi connectivity index (χ2n) is 6.88. The molecule has 1 aliphatic rings. The maximum absolute atomic E-state index is 12.4. The summed E-state index contributed by atoms with van der Waals surface area (Å²) in [6, 6.07) is 6.03. The number of carbonyl (C=O) groups is 1. The predicted molar refractivity (Wildman–Crippen MR) is 108 cm³/mol. The Morgan fingerprint density at radius 3 is 2.43 bits per heavy atom. The van der Waals surface area contributed by atoms with Crippen LogP contribution in [0.4, 0.5) is 0 Å². The van der Waals surface area contributed by atoms with Gasteiger partial charge in [-0.2, -0.15) is 5.10 Å². The average molecular weight is 425 g/mol. The summed E-state index contributed by atoms with van der Waals surface area (Å²) < 4.78 is 26.7. The molecule has 0 atom stereocenters. The van der Waals surface area contributed by atoms with Gasteiger partial charge in [-0.15, -0.1) is 0 Å². The lowest BCUT2D eigenvalue weighted by Crippen LogP contribution is -2.48. The highest BCUT2D eigenvalue weighted by molar-refractivity contribution is 7.91. The topological polar surface area (TPSA) is 75.5 Å². The minimum Gasteiger partial charge on any atom is -0.340 e. The van der Waals surface area contributed by atoms with Gasteiger partial charge < -0.3 is 4.90 Å². The number of hydrogen-bond acceptors (Lipinski definition) is 5. The molecule has 1 aromatic carbocycles. The Morgan fingerprint density at radius 1 is 1.14 bits per heavy atom. The van der Waals surface area contributed by atoms with Crippen molar-refractivity contribution in [1.29, 1.82) is 0 Å². The van der Waals surface area contributed by atoms with Crippen molar-refractivity contribution in [3.05, 3.63) is 47.2 Å². The van der Waals surface area contributed by atoms with Gasteiger partial charge in [0.15, 0.2) is 9.84 Å². The lowest BCUT2D eigenvalue weighted by Gasteiger charge is -2.34. The van der Waals surface area contributed by atoms with Crippen molar-refractivity contribution >= 4 is 27.3 Å². The normalized spacial score (nSPS) is 15.7. The van der Waals surface area contributed by atoms with Gasteiger partial charge in [-0.05, 0) is 31.2 Å². The van der Waals surface area contributed by atoms with Gasteiger partial charge in [0, 0.05) is 62.5 Å². The van der Waals surface area contributed by atoms with Crippen molar-refractivity contribution in [2.75, 3.05) is 31.9 Å². The molecule has 0 radical (unpaired) electrons. The van der Waals surface area contributed by atoms with Gasteiger partial charge >= 0.3 is 0 Å². The maximum atomic E-state index is 12.4. The lowest BCUT2D eigenvalue weighted by atomic mass is 10.2. The standard InChI is InChI=1S/C19H25ClN4O3S/c1-2-24-15-16(13-21-24)14-22-8-10-23(11-9-22)19(25)7-12-28(26,27)18-5-3-17(20)4-6-18/h3-6,13,15H,2,7-12,14H2,1H3. The Bertz CT molecular complexity index is 904. The largest absolute Gasteiger partial charge is 0.340 e. The van der Waals surface area contributed by atoms with Crippen LogP contribution in [0.15, 0.2) is 41.6 Å². The number of sulfone groups is 1. The molecule has 3 rings (SSSR count). The van der Waals surface area contributed by atoms with E-state index in [1.807, 2.05) is 24.0 Å². The van der Waals surface area contributed by atoms with E-state index in [4.69, 9.17) is 11.6 Å². The summed E-state index contributed by atoms with van der Waals surface area (Å²) in [6.45, 7) is 6.48. The summed E-state index contributed by atoms with van der Waals surface area (Å²) in [5.74, 6) is -0.305. The van der Waals surface area contributed by atoms with Crippen LogP contribution in [0.5, 0.6) is 0 Å². The first-order valence-electron chi connectivity index (χ1n) is 9.37. The number of amides is 1. The molecule has 152 valence electrons. The Morgan fingerprint density at radius 2 is 1.82 bits per heavy atom. The number of piperazine rings is 1. The Kier molecular flexibility index (Phi) is 6.74. The SMILES string of the molecule is CCn1cc(CN2CCN(C(=O)CCS(=O)(=O)c3ccc(Cl)cc3)CC2)cn1. The monoisotopic (exact) mass is 424 g/mol. The molecule has 1 aliphatic heterocycles. The van der Waals surface area contributed by atoms with E-state index in [0.717, 1.165) is 31.7 Å².